The standard InChI is InChI=1S/C33H41F2N5O5/c34-33(35)13-4-5-27(30(33)39-18-23(19-39)21-11-15-38(16-12-21)29(42)6-2-1-3-14-36)45-24-7-8-25-22(17-24)20-40(32(25)44)26-9-10-28(41)37-31(26)43/h7-8,17,21,23,26-27,30H,1-6,9-13,15-16,18-20H2,(H,37,41,43)/t26?,27-,30+/m0/s1. The monoisotopic (exact) mass is 625 g/mol. The molecule has 4 amide bonds. The maximum atomic E-state index is 15.4. The van der Waals surface area contributed by atoms with E-state index in [0.29, 0.717) is 80.6 Å². The van der Waals surface area contributed by atoms with Gasteiger partial charge in [0.1, 0.15) is 23.9 Å². The first kappa shape index (κ1) is 31.4. The molecule has 1 aromatic carbocycles. The Morgan fingerprint density at radius 3 is 2.58 bits per heavy atom. The molecule has 3 atom stereocenters. The van der Waals surface area contributed by atoms with Crippen LogP contribution in [0.25, 0.3) is 0 Å². The van der Waals surface area contributed by atoms with E-state index in [-0.39, 0.29) is 43.5 Å². The molecule has 10 nitrogen and oxygen atoms in total. The van der Waals surface area contributed by atoms with Crippen LogP contribution in [0.15, 0.2) is 18.2 Å². The molecule has 6 rings (SSSR count). The molecule has 0 radical (unpaired) electrons. The zero-order valence-corrected chi connectivity index (χ0v) is 25.5. The van der Waals surface area contributed by atoms with Gasteiger partial charge >= 0.3 is 0 Å². The van der Waals surface area contributed by atoms with Crippen molar-refractivity contribution in [2.75, 3.05) is 26.2 Å². The van der Waals surface area contributed by atoms with Crippen LogP contribution in [0.4, 0.5) is 8.78 Å². The minimum Gasteiger partial charge on any atom is -0.489 e. The summed E-state index contributed by atoms with van der Waals surface area (Å²) in [5.74, 6) is -2.70. The van der Waals surface area contributed by atoms with E-state index in [9.17, 15) is 19.2 Å². The third-order valence-electron chi connectivity index (χ3n) is 10.4. The molecule has 0 bridgehead atoms. The summed E-state index contributed by atoms with van der Waals surface area (Å²) in [4.78, 5) is 54.8. The third kappa shape index (κ3) is 6.55. The largest absolute Gasteiger partial charge is 0.489 e. The molecule has 1 aromatic rings. The van der Waals surface area contributed by atoms with Crippen LogP contribution in [0.1, 0.15) is 86.6 Å². The molecule has 45 heavy (non-hydrogen) atoms. The predicted octanol–water partition coefficient (Wildman–Crippen LogP) is 3.64. The summed E-state index contributed by atoms with van der Waals surface area (Å²) in [6, 6.07) is 5.36. The maximum absolute atomic E-state index is 15.4. The van der Waals surface area contributed by atoms with Gasteiger partial charge in [-0.25, -0.2) is 8.78 Å². The molecule has 0 aromatic heterocycles. The zero-order chi connectivity index (χ0) is 31.7. The molecular weight excluding hydrogens is 584 g/mol. The number of imide groups is 1. The smallest absolute Gasteiger partial charge is 0.266 e. The van der Waals surface area contributed by atoms with Gasteiger partial charge in [-0.3, -0.25) is 29.4 Å². The number of nitriles is 1. The number of fused-ring (bicyclic) bond motifs is 1. The Hall–Kier alpha value is -3.59. The third-order valence-corrected chi connectivity index (χ3v) is 10.4. The van der Waals surface area contributed by atoms with Gasteiger partial charge in [-0.15, -0.1) is 0 Å². The highest BCUT2D eigenvalue weighted by molar-refractivity contribution is 6.05. The van der Waals surface area contributed by atoms with Crippen molar-refractivity contribution in [3.63, 3.8) is 0 Å². The van der Waals surface area contributed by atoms with Crippen molar-refractivity contribution in [2.45, 2.75) is 101 Å². The Labute approximate surface area is 262 Å². The average Bonchev–Trinajstić information content (AvgIpc) is 3.31. The van der Waals surface area contributed by atoms with Gasteiger partial charge in [0.2, 0.25) is 17.7 Å². The Kier molecular flexibility index (Phi) is 9.09. The number of piperidine rings is 2. The molecule has 4 aliphatic heterocycles. The first-order valence-corrected chi connectivity index (χ1v) is 16.4. The molecule has 5 aliphatic rings. The van der Waals surface area contributed by atoms with Crippen molar-refractivity contribution in [1.82, 2.24) is 20.0 Å². The van der Waals surface area contributed by atoms with Crippen LogP contribution in [0.5, 0.6) is 5.75 Å². The van der Waals surface area contributed by atoms with Gasteiger partial charge in [-0.1, -0.05) is 0 Å². The highest BCUT2D eigenvalue weighted by Crippen LogP contribution is 2.43. The Balaban J connectivity index is 1.04. The number of carbonyl (C=O) groups is 4. The molecule has 1 unspecified atom stereocenters. The summed E-state index contributed by atoms with van der Waals surface area (Å²) in [5.41, 5.74) is 1.13. The van der Waals surface area contributed by atoms with Crippen molar-refractivity contribution in [3.05, 3.63) is 29.3 Å². The Morgan fingerprint density at radius 2 is 1.84 bits per heavy atom. The highest BCUT2D eigenvalue weighted by atomic mass is 19.3. The minimum absolute atomic E-state index is 0.142. The lowest BCUT2D eigenvalue weighted by atomic mass is 9.76. The molecule has 1 N–H and O–H groups in total. The lowest BCUT2D eigenvalue weighted by Crippen LogP contribution is -2.66. The van der Waals surface area contributed by atoms with E-state index in [1.807, 2.05) is 9.80 Å². The van der Waals surface area contributed by atoms with E-state index in [1.54, 1.807) is 18.2 Å². The number of halogens is 2. The first-order chi connectivity index (χ1) is 21.6. The van der Waals surface area contributed by atoms with Gasteiger partial charge < -0.3 is 14.5 Å². The van der Waals surface area contributed by atoms with Crippen LogP contribution in [0.2, 0.25) is 0 Å². The second-order valence-electron chi connectivity index (χ2n) is 13.3. The van der Waals surface area contributed by atoms with E-state index >= 15 is 8.78 Å². The number of benzene rings is 1. The molecule has 1 aliphatic carbocycles. The fourth-order valence-corrected chi connectivity index (χ4v) is 7.87. The van der Waals surface area contributed by atoms with E-state index in [1.165, 1.54) is 4.90 Å². The molecule has 242 valence electrons. The van der Waals surface area contributed by atoms with Crippen LogP contribution < -0.4 is 10.1 Å². The summed E-state index contributed by atoms with van der Waals surface area (Å²) in [6.45, 7) is 2.77. The zero-order valence-electron chi connectivity index (χ0n) is 25.5. The lowest BCUT2D eigenvalue weighted by molar-refractivity contribution is -0.172. The van der Waals surface area contributed by atoms with Gasteiger partial charge in [0, 0.05) is 64.0 Å². The van der Waals surface area contributed by atoms with Crippen LogP contribution >= 0.6 is 0 Å². The van der Waals surface area contributed by atoms with Crippen molar-refractivity contribution >= 4 is 23.6 Å². The van der Waals surface area contributed by atoms with Gasteiger partial charge in [-0.05, 0) is 80.5 Å². The van der Waals surface area contributed by atoms with Crippen LogP contribution in [0, 0.1) is 23.2 Å². The van der Waals surface area contributed by atoms with E-state index in [2.05, 4.69) is 11.4 Å². The fraction of sp³-hybridized carbons (Fsp3) is 0.667. The summed E-state index contributed by atoms with van der Waals surface area (Å²) >= 11 is 0. The lowest BCUT2D eigenvalue weighted by Gasteiger charge is -2.53. The maximum Gasteiger partial charge on any atom is 0.266 e. The van der Waals surface area contributed by atoms with E-state index in [0.717, 1.165) is 25.7 Å². The van der Waals surface area contributed by atoms with Crippen molar-refractivity contribution in [1.29, 1.82) is 5.26 Å². The number of nitrogens with zero attached hydrogens (tertiary/aromatic N) is 4. The first-order valence-electron chi connectivity index (χ1n) is 16.4. The highest BCUT2D eigenvalue weighted by Gasteiger charge is 2.54. The summed E-state index contributed by atoms with van der Waals surface area (Å²) in [5, 5.41) is 11.0. The summed E-state index contributed by atoms with van der Waals surface area (Å²) < 4.78 is 37.2. The molecule has 3 saturated heterocycles. The quantitative estimate of drug-likeness (QED) is 0.329. The Bertz CT molecular complexity index is 1370. The van der Waals surface area contributed by atoms with Gasteiger partial charge in [-0.2, -0.15) is 5.26 Å². The number of carbonyl (C=O) groups excluding carboxylic acids is 4. The molecule has 4 fully saturated rings. The molecule has 12 heteroatoms. The number of amides is 4. The van der Waals surface area contributed by atoms with Crippen LogP contribution in [-0.4, -0.2) is 88.6 Å². The van der Waals surface area contributed by atoms with E-state index in [4.69, 9.17) is 10.00 Å². The topological polar surface area (TPSA) is 123 Å². The number of unbranched alkanes of at least 4 members (excludes halogenated alkanes) is 2. The number of nitrogens with one attached hydrogen (secondary N) is 1. The predicted molar refractivity (Wildman–Crippen MR) is 158 cm³/mol. The number of rotatable bonds is 9. The number of likely N-dealkylation sites (tertiary alicyclic amines) is 2. The molecule has 4 heterocycles. The number of hydrogen-bond donors (Lipinski definition) is 1. The fourth-order valence-electron chi connectivity index (χ4n) is 7.87. The van der Waals surface area contributed by atoms with E-state index < -0.39 is 30.0 Å². The minimum atomic E-state index is -2.88. The molecule has 0 spiro atoms. The van der Waals surface area contributed by atoms with Crippen LogP contribution in [-0.2, 0) is 20.9 Å². The molecular formula is C33H41F2N5O5. The Morgan fingerprint density at radius 1 is 1.07 bits per heavy atom. The number of alkyl halides is 2. The summed E-state index contributed by atoms with van der Waals surface area (Å²) in [6.07, 6.45) is 4.61. The summed E-state index contributed by atoms with van der Waals surface area (Å²) in [7, 11) is 0. The van der Waals surface area contributed by atoms with Gasteiger partial charge in [0.25, 0.3) is 11.8 Å². The number of ether oxygens (including phenoxy) is 1. The second-order valence-corrected chi connectivity index (χ2v) is 13.3. The SMILES string of the molecule is N#CCCCCC(=O)N1CCC(C2CN([C@@H]3[C@@H](Oc4ccc5c(c4)CN(C4CCC(=O)NC4=O)C5=O)CCCC3(F)F)C2)CC1. The normalized spacial score (nSPS) is 27.5. The van der Waals surface area contributed by atoms with Gasteiger partial charge in [0.15, 0.2) is 0 Å². The van der Waals surface area contributed by atoms with Crippen molar-refractivity contribution in [3.8, 4) is 11.8 Å². The molecule has 1 saturated carbocycles. The van der Waals surface area contributed by atoms with Crippen LogP contribution in [0.3, 0.4) is 0 Å². The number of hydrogen-bond acceptors (Lipinski definition) is 7. The van der Waals surface area contributed by atoms with Crippen molar-refractivity contribution < 1.29 is 32.7 Å². The average molecular weight is 626 g/mol. The second kappa shape index (κ2) is 13.0. The van der Waals surface area contributed by atoms with Crippen molar-refractivity contribution in [2.24, 2.45) is 11.8 Å². The van der Waals surface area contributed by atoms with Gasteiger partial charge in [0.05, 0.1) is 6.07 Å².